The van der Waals surface area contributed by atoms with E-state index < -0.39 is 0 Å². The molecule has 1 saturated carbocycles. The summed E-state index contributed by atoms with van der Waals surface area (Å²) in [4.78, 5) is 0. The molecule has 0 aromatic rings. The fraction of sp³-hybridized carbons (Fsp3) is 0.857. The zero-order valence-corrected chi connectivity index (χ0v) is 5.63. The van der Waals surface area contributed by atoms with Crippen LogP contribution < -0.4 is 0 Å². The zero-order chi connectivity index (χ0) is 6.69. The predicted molar refractivity (Wildman–Crippen MR) is 33.8 cm³/mol. The summed E-state index contributed by atoms with van der Waals surface area (Å²) in [5, 5.41) is 8.31. The summed E-state index contributed by atoms with van der Waals surface area (Å²) in [5.41, 5.74) is 0. The number of methoxy groups -OCH3 is 1. The van der Waals surface area contributed by atoms with Gasteiger partial charge in [0.15, 0.2) is 0 Å². The Morgan fingerprint density at radius 2 is 2.44 bits per heavy atom. The fourth-order valence-electron chi connectivity index (χ4n) is 1.20. The van der Waals surface area contributed by atoms with E-state index in [9.17, 15) is 0 Å². The van der Waals surface area contributed by atoms with Crippen LogP contribution in [0, 0.1) is 17.2 Å². The van der Waals surface area contributed by atoms with E-state index in [-0.39, 0.29) is 0 Å². The Labute approximate surface area is 55.4 Å². The molecule has 0 radical (unpaired) electrons. The second-order valence-corrected chi connectivity index (χ2v) is 2.47. The van der Waals surface area contributed by atoms with Crippen LogP contribution in [0.5, 0.6) is 0 Å². The number of rotatable bonds is 2. The number of hydrogen-bond donors (Lipinski definition) is 0. The molecular weight excluding hydrogens is 114 g/mol. The fourth-order valence-corrected chi connectivity index (χ4v) is 1.20. The summed E-state index contributed by atoms with van der Waals surface area (Å²) in [5.74, 6) is 0.528. The Morgan fingerprint density at radius 1 is 1.67 bits per heavy atom. The Bertz CT molecular complexity index is 125. The minimum absolute atomic E-state index is 0.379. The summed E-state index contributed by atoms with van der Waals surface area (Å²) in [6.45, 7) is 0. The molecule has 50 valence electrons. The van der Waals surface area contributed by atoms with E-state index in [2.05, 4.69) is 6.07 Å². The molecule has 1 aliphatic rings. The lowest BCUT2D eigenvalue weighted by molar-refractivity contribution is -0.0138. The summed E-state index contributed by atoms with van der Waals surface area (Å²) in [7, 11) is 1.72. The number of nitrogens with zero attached hydrogens (tertiary/aromatic N) is 1. The van der Waals surface area contributed by atoms with Gasteiger partial charge in [0, 0.05) is 13.5 Å². The third-order valence-electron chi connectivity index (χ3n) is 2.00. The average Bonchev–Trinajstić information content (AvgIpc) is 1.82. The van der Waals surface area contributed by atoms with Crippen LogP contribution in [0.25, 0.3) is 0 Å². The third-order valence-corrected chi connectivity index (χ3v) is 2.00. The Balaban J connectivity index is 2.21. The van der Waals surface area contributed by atoms with Crippen LogP contribution in [-0.4, -0.2) is 13.2 Å². The van der Waals surface area contributed by atoms with E-state index in [1.807, 2.05) is 0 Å². The Hall–Kier alpha value is -0.550. The first-order valence-electron chi connectivity index (χ1n) is 3.28. The molecule has 0 aromatic carbocycles. The highest BCUT2D eigenvalue weighted by Crippen LogP contribution is 2.31. The third kappa shape index (κ3) is 1.22. The molecule has 0 amide bonds. The maximum atomic E-state index is 8.31. The van der Waals surface area contributed by atoms with Gasteiger partial charge in [0.2, 0.25) is 0 Å². The second-order valence-electron chi connectivity index (χ2n) is 2.47. The number of ether oxygens (including phenoxy) is 1. The van der Waals surface area contributed by atoms with Crippen LogP contribution in [0.15, 0.2) is 0 Å². The van der Waals surface area contributed by atoms with Crippen molar-refractivity contribution in [3.63, 3.8) is 0 Å². The first-order chi connectivity index (χ1) is 4.38. The lowest BCUT2D eigenvalue weighted by atomic mass is 9.80. The standard InChI is InChI=1S/C7H11NO/c1-9-7-3-2-6(7)4-5-8/h6-7H,2-4H2,1H3/t6-,7+/m0/s1. The molecule has 0 unspecified atom stereocenters. The van der Waals surface area contributed by atoms with Gasteiger partial charge in [-0.05, 0) is 18.8 Å². The summed E-state index contributed by atoms with van der Waals surface area (Å²) in [6, 6.07) is 2.15. The van der Waals surface area contributed by atoms with Crippen LogP contribution >= 0.6 is 0 Å². The van der Waals surface area contributed by atoms with Gasteiger partial charge in [-0.25, -0.2) is 0 Å². The molecule has 0 bridgehead atoms. The minimum atomic E-state index is 0.379. The van der Waals surface area contributed by atoms with Gasteiger partial charge in [-0.2, -0.15) is 5.26 Å². The molecule has 2 atom stereocenters. The van der Waals surface area contributed by atoms with Crippen LogP contribution in [0.4, 0.5) is 0 Å². The second kappa shape index (κ2) is 2.84. The van der Waals surface area contributed by atoms with Crippen molar-refractivity contribution in [2.45, 2.75) is 25.4 Å². The molecule has 0 spiro atoms. The highest BCUT2D eigenvalue weighted by atomic mass is 16.5. The molecule has 0 heterocycles. The van der Waals surface area contributed by atoms with Crippen LogP contribution in [0.3, 0.4) is 0 Å². The van der Waals surface area contributed by atoms with Crippen molar-refractivity contribution in [3.8, 4) is 6.07 Å². The molecule has 1 rings (SSSR count). The van der Waals surface area contributed by atoms with Gasteiger partial charge >= 0.3 is 0 Å². The molecule has 0 aromatic heterocycles. The molecule has 2 heteroatoms. The molecule has 0 aliphatic heterocycles. The monoisotopic (exact) mass is 125 g/mol. The van der Waals surface area contributed by atoms with E-state index in [0.29, 0.717) is 18.4 Å². The molecule has 2 nitrogen and oxygen atoms in total. The highest BCUT2D eigenvalue weighted by Gasteiger charge is 2.29. The topological polar surface area (TPSA) is 33.0 Å². The summed E-state index contributed by atoms with van der Waals surface area (Å²) >= 11 is 0. The van der Waals surface area contributed by atoms with E-state index in [4.69, 9.17) is 10.00 Å². The van der Waals surface area contributed by atoms with Gasteiger partial charge < -0.3 is 4.74 Å². The van der Waals surface area contributed by atoms with Crippen molar-refractivity contribution in [2.24, 2.45) is 5.92 Å². The smallest absolute Gasteiger partial charge is 0.0625 e. The van der Waals surface area contributed by atoms with Crippen molar-refractivity contribution in [1.82, 2.24) is 0 Å². The molecule has 0 N–H and O–H groups in total. The van der Waals surface area contributed by atoms with Gasteiger partial charge in [0.1, 0.15) is 0 Å². The summed E-state index contributed by atoms with van der Waals surface area (Å²) < 4.78 is 5.10. The van der Waals surface area contributed by atoms with Crippen molar-refractivity contribution in [3.05, 3.63) is 0 Å². The summed E-state index contributed by atoms with van der Waals surface area (Å²) in [6.07, 6.45) is 3.36. The van der Waals surface area contributed by atoms with Crippen molar-refractivity contribution in [2.75, 3.05) is 7.11 Å². The lowest BCUT2D eigenvalue weighted by Gasteiger charge is -2.33. The highest BCUT2D eigenvalue weighted by molar-refractivity contribution is 4.88. The quantitative estimate of drug-likeness (QED) is 0.557. The van der Waals surface area contributed by atoms with Crippen LogP contribution in [0.1, 0.15) is 19.3 Å². The molecule has 9 heavy (non-hydrogen) atoms. The van der Waals surface area contributed by atoms with Crippen molar-refractivity contribution in [1.29, 1.82) is 5.26 Å². The largest absolute Gasteiger partial charge is 0.381 e. The molecular formula is C7H11NO. The first kappa shape index (κ1) is 6.57. The van der Waals surface area contributed by atoms with Crippen molar-refractivity contribution < 1.29 is 4.74 Å². The minimum Gasteiger partial charge on any atom is -0.381 e. The van der Waals surface area contributed by atoms with E-state index in [1.165, 1.54) is 6.42 Å². The van der Waals surface area contributed by atoms with E-state index in [1.54, 1.807) is 7.11 Å². The van der Waals surface area contributed by atoms with Gasteiger partial charge in [0.25, 0.3) is 0 Å². The SMILES string of the molecule is CO[C@@H]1CC[C@H]1CC#N. The molecule has 1 fully saturated rings. The van der Waals surface area contributed by atoms with Gasteiger partial charge in [0.05, 0.1) is 12.2 Å². The zero-order valence-electron chi connectivity index (χ0n) is 5.63. The normalized spacial score (nSPS) is 32.9. The van der Waals surface area contributed by atoms with Gasteiger partial charge in [-0.3, -0.25) is 0 Å². The first-order valence-corrected chi connectivity index (χ1v) is 3.28. The lowest BCUT2D eigenvalue weighted by Crippen LogP contribution is -2.32. The maximum absolute atomic E-state index is 8.31. The van der Waals surface area contributed by atoms with E-state index in [0.717, 1.165) is 6.42 Å². The number of hydrogen-bond acceptors (Lipinski definition) is 2. The average molecular weight is 125 g/mol. The van der Waals surface area contributed by atoms with Crippen LogP contribution in [0.2, 0.25) is 0 Å². The number of nitriles is 1. The van der Waals surface area contributed by atoms with Crippen LogP contribution in [-0.2, 0) is 4.74 Å². The maximum Gasteiger partial charge on any atom is 0.0625 e. The van der Waals surface area contributed by atoms with Gasteiger partial charge in [-0.1, -0.05) is 0 Å². The predicted octanol–water partition coefficient (Wildman–Crippen LogP) is 1.33. The molecule has 0 saturated heterocycles. The van der Waals surface area contributed by atoms with E-state index >= 15 is 0 Å². The molecule has 1 aliphatic carbocycles. The van der Waals surface area contributed by atoms with Crippen molar-refractivity contribution >= 4 is 0 Å². The van der Waals surface area contributed by atoms with Gasteiger partial charge in [-0.15, -0.1) is 0 Å². The Morgan fingerprint density at radius 3 is 2.78 bits per heavy atom. The Kier molecular flexibility index (Phi) is 2.07.